The average Bonchev–Trinajstić information content (AvgIpc) is 3.20. The van der Waals surface area contributed by atoms with Gasteiger partial charge in [-0.25, -0.2) is 8.42 Å². The summed E-state index contributed by atoms with van der Waals surface area (Å²) in [5.41, 5.74) is 3.24. The molecule has 0 bridgehead atoms. The van der Waals surface area contributed by atoms with E-state index in [1.54, 1.807) is 18.2 Å². The number of anilines is 3. The van der Waals surface area contributed by atoms with Crippen molar-refractivity contribution in [2.75, 3.05) is 33.9 Å². The van der Waals surface area contributed by atoms with Gasteiger partial charge in [0.2, 0.25) is 15.9 Å². The normalized spacial score (nSPS) is 15.2. The van der Waals surface area contributed by atoms with E-state index in [2.05, 4.69) is 10.2 Å². The van der Waals surface area contributed by atoms with Gasteiger partial charge in [0, 0.05) is 24.5 Å². The van der Waals surface area contributed by atoms with Crippen molar-refractivity contribution in [3.8, 4) is 0 Å². The summed E-state index contributed by atoms with van der Waals surface area (Å²) in [6.07, 6.45) is 3.91. The van der Waals surface area contributed by atoms with Crippen LogP contribution in [0, 0.1) is 6.92 Å². The molecule has 1 aliphatic heterocycles. The van der Waals surface area contributed by atoms with E-state index in [9.17, 15) is 13.2 Å². The van der Waals surface area contributed by atoms with Gasteiger partial charge < -0.3 is 10.2 Å². The number of benzene rings is 2. The molecular formula is C22H29N3O3S. The van der Waals surface area contributed by atoms with Crippen LogP contribution in [0.25, 0.3) is 0 Å². The van der Waals surface area contributed by atoms with E-state index in [4.69, 9.17) is 0 Å². The monoisotopic (exact) mass is 415 g/mol. The lowest BCUT2D eigenvalue weighted by atomic mass is 10.1. The average molecular weight is 416 g/mol. The van der Waals surface area contributed by atoms with Crippen molar-refractivity contribution in [2.45, 2.75) is 39.2 Å². The van der Waals surface area contributed by atoms with Crippen LogP contribution >= 0.6 is 0 Å². The molecular weight excluding hydrogens is 386 g/mol. The lowest BCUT2D eigenvalue weighted by Crippen LogP contribution is -2.47. The van der Waals surface area contributed by atoms with E-state index in [0.29, 0.717) is 17.8 Å². The molecule has 156 valence electrons. The van der Waals surface area contributed by atoms with Crippen molar-refractivity contribution in [3.05, 3.63) is 54.1 Å². The zero-order chi connectivity index (χ0) is 21.0. The predicted molar refractivity (Wildman–Crippen MR) is 119 cm³/mol. The summed E-state index contributed by atoms with van der Waals surface area (Å²) in [4.78, 5) is 15.3. The molecule has 3 rings (SSSR count). The number of hydrogen-bond acceptors (Lipinski definition) is 4. The van der Waals surface area contributed by atoms with Crippen LogP contribution in [0.3, 0.4) is 0 Å². The molecule has 1 N–H and O–H groups in total. The van der Waals surface area contributed by atoms with Crippen molar-refractivity contribution in [1.29, 1.82) is 0 Å². The minimum atomic E-state index is -3.64. The molecule has 1 fully saturated rings. The Bertz CT molecular complexity index is 952. The standard InChI is InChI=1S/C22H29N3O3S/c1-4-21(25(29(3,27)28)20-9-7-8-17(2)16-20)22(26)23-18-10-12-19(13-11-18)24-14-5-6-15-24/h7-13,16,21H,4-6,14-15H2,1-3H3,(H,23,26)/t21-/m0/s1. The second-order valence-electron chi connectivity index (χ2n) is 7.55. The van der Waals surface area contributed by atoms with Crippen molar-refractivity contribution >= 4 is 33.0 Å². The first kappa shape index (κ1) is 21.2. The van der Waals surface area contributed by atoms with Crippen LogP contribution in [0.15, 0.2) is 48.5 Å². The molecule has 0 unspecified atom stereocenters. The number of hydrogen-bond donors (Lipinski definition) is 1. The van der Waals surface area contributed by atoms with Gasteiger partial charge in [-0.3, -0.25) is 9.10 Å². The molecule has 0 aliphatic carbocycles. The summed E-state index contributed by atoms with van der Waals surface area (Å²) < 4.78 is 26.3. The number of nitrogens with one attached hydrogen (secondary N) is 1. The highest BCUT2D eigenvalue weighted by Crippen LogP contribution is 2.25. The third kappa shape index (κ3) is 5.09. The molecule has 0 saturated carbocycles. The summed E-state index contributed by atoms with van der Waals surface area (Å²) in [5, 5.41) is 2.88. The predicted octanol–water partition coefficient (Wildman–Crippen LogP) is 3.78. The van der Waals surface area contributed by atoms with Gasteiger partial charge >= 0.3 is 0 Å². The quantitative estimate of drug-likeness (QED) is 0.747. The maximum Gasteiger partial charge on any atom is 0.248 e. The second kappa shape index (κ2) is 8.86. The summed E-state index contributed by atoms with van der Waals surface area (Å²) >= 11 is 0. The van der Waals surface area contributed by atoms with Crippen molar-refractivity contribution < 1.29 is 13.2 Å². The summed E-state index contributed by atoms with van der Waals surface area (Å²) in [6.45, 7) is 5.83. The first-order chi connectivity index (χ1) is 13.8. The highest BCUT2D eigenvalue weighted by atomic mass is 32.2. The highest BCUT2D eigenvalue weighted by Gasteiger charge is 2.31. The Morgan fingerprint density at radius 2 is 1.79 bits per heavy atom. The fraction of sp³-hybridized carbons (Fsp3) is 0.409. The van der Waals surface area contributed by atoms with Crippen LogP contribution in [-0.4, -0.2) is 39.7 Å². The molecule has 2 aromatic rings. The number of rotatable bonds is 7. The van der Waals surface area contributed by atoms with E-state index in [1.807, 2.05) is 44.2 Å². The lowest BCUT2D eigenvalue weighted by molar-refractivity contribution is -0.117. The number of aryl methyl sites for hydroxylation is 1. The van der Waals surface area contributed by atoms with Gasteiger partial charge in [-0.05, 0) is 68.1 Å². The molecule has 0 aromatic heterocycles. The molecule has 7 heteroatoms. The van der Waals surface area contributed by atoms with E-state index in [0.717, 1.165) is 30.6 Å². The first-order valence-corrected chi connectivity index (χ1v) is 11.9. The minimum absolute atomic E-state index is 0.339. The van der Waals surface area contributed by atoms with Crippen LogP contribution in [0.4, 0.5) is 17.1 Å². The molecule has 0 radical (unpaired) electrons. The van der Waals surface area contributed by atoms with Gasteiger partial charge in [0.1, 0.15) is 6.04 Å². The number of carbonyl (C=O) groups excluding carboxylic acids is 1. The smallest absolute Gasteiger partial charge is 0.248 e. The molecule has 1 amide bonds. The van der Waals surface area contributed by atoms with E-state index >= 15 is 0 Å². The third-order valence-corrected chi connectivity index (χ3v) is 6.37. The van der Waals surface area contributed by atoms with Gasteiger partial charge in [-0.2, -0.15) is 0 Å². The van der Waals surface area contributed by atoms with Crippen molar-refractivity contribution in [3.63, 3.8) is 0 Å². The second-order valence-corrected chi connectivity index (χ2v) is 9.41. The van der Waals surface area contributed by atoms with E-state index < -0.39 is 16.1 Å². The highest BCUT2D eigenvalue weighted by molar-refractivity contribution is 7.92. The van der Waals surface area contributed by atoms with Gasteiger partial charge in [0.15, 0.2) is 0 Å². The molecule has 29 heavy (non-hydrogen) atoms. The Morgan fingerprint density at radius 3 is 2.34 bits per heavy atom. The number of amides is 1. The largest absolute Gasteiger partial charge is 0.372 e. The first-order valence-electron chi connectivity index (χ1n) is 10.0. The zero-order valence-electron chi connectivity index (χ0n) is 17.3. The number of sulfonamides is 1. The Balaban J connectivity index is 1.80. The summed E-state index contributed by atoms with van der Waals surface area (Å²) in [5.74, 6) is -0.339. The molecule has 1 aliphatic rings. The van der Waals surface area contributed by atoms with Crippen molar-refractivity contribution in [1.82, 2.24) is 0 Å². The Morgan fingerprint density at radius 1 is 1.14 bits per heavy atom. The number of nitrogens with zero attached hydrogens (tertiary/aromatic N) is 2. The third-order valence-electron chi connectivity index (χ3n) is 5.19. The maximum absolute atomic E-state index is 13.0. The van der Waals surface area contributed by atoms with E-state index in [1.165, 1.54) is 17.1 Å². The van der Waals surface area contributed by atoms with Crippen LogP contribution in [0.1, 0.15) is 31.7 Å². The topological polar surface area (TPSA) is 69.7 Å². The van der Waals surface area contributed by atoms with Gasteiger partial charge in [0.05, 0.1) is 11.9 Å². The molecule has 6 nitrogen and oxygen atoms in total. The van der Waals surface area contributed by atoms with Gasteiger partial charge in [-0.1, -0.05) is 19.1 Å². The van der Waals surface area contributed by atoms with E-state index in [-0.39, 0.29) is 5.91 Å². The van der Waals surface area contributed by atoms with Gasteiger partial charge in [0.25, 0.3) is 0 Å². The maximum atomic E-state index is 13.0. The summed E-state index contributed by atoms with van der Waals surface area (Å²) in [6, 6.07) is 14.1. The molecule has 1 atom stereocenters. The fourth-order valence-electron chi connectivity index (χ4n) is 3.78. The van der Waals surface area contributed by atoms with Crippen LogP contribution < -0.4 is 14.5 Å². The molecule has 1 saturated heterocycles. The molecule has 2 aromatic carbocycles. The molecule has 0 spiro atoms. The van der Waals surface area contributed by atoms with Crippen LogP contribution in [0.2, 0.25) is 0 Å². The van der Waals surface area contributed by atoms with Gasteiger partial charge in [-0.15, -0.1) is 0 Å². The molecule has 1 heterocycles. The Labute approximate surface area is 173 Å². The Kier molecular flexibility index (Phi) is 6.47. The zero-order valence-corrected chi connectivity index (χ0v) is 18.1. The SMILES string of the molecule is CC[C@@H](C(=O)Nc1ccc(N2CCCC2)cc1)N(c1cccc(C)c1)S(C)(=O)=O. The Hall–Kier alpha value is -2.54. The van der Waals surface area contributed by atoms with Crippen LogP contribution in [0.5, 0.6) is 0 Å². The lowest BCUT2D eigenvalue weighted by Gasteiger charge is -2.30. The summed E-state index contributed by atoms with van der Waals surface area (Å²) in [7, 11) is -3.64. The number of carbonyl (C=O) groups is 1. The van der Waals surface area contributed by atoms with Crippen LogP contribution in [-0.2, 0) is 14.8 Å². The minimum Gasteiger partial charge on any atom is -0.372 e. The van der Waals surface area contributed by atoms with Crippen molar-refractivity contribution in [2.24, 2.45) is 0 Å². The fourth-order valence-corrected chi connectivity index (χ4v) is 4.99.